The zero-order chi connectivity index (χ0) is 23.5. The number of rotatable bonds is 7. The van der Waals surface area contributed by atoms with Crippen molar-refractivity contribution >= 4 is 48.5 Å². The van der Waals surface area contributed by atoms with Crippen LogP contribution in [0.2, 0.25) is 0 Å². The van der Waals surface area contributed by atoms with E-state index in [1.165, 1.54) is 39.5 Å². The van der Waals surface area contributed by atoms with E-state index >= 15 is 0 Å². The van der Waals surface area contributed by atoms with E-state index in [9.17, 15) is 18.5 Å². The second-order valence-electron chi connectivity index (χ2n) is 6.50. The summed E-state index contributed by atoms with van der Waals surface area (Å²) in [6.45, 7) is 0. The number of ether oxygens (including phenoxy) is 3. The molecule has 0 bridgehead atoms. The number of hydrogen-bond acceptors (Lipinski definition) is 9. The van der Waals surface area contributed by atoms with Gasteiger partial charge in [-0.15, -0.1) is 0 Å². The average molecular weight is 474 g/mol. The van der Waals surface area contributed by atoms with Gasteiger partial charge in [0.05, 0.1) is 36.4 Å². The van der Waals surface area contributed by atoms with E-state index in [4.69, 9.17) is 14.2 Å². The third-order valence-corrected chi connectivity index (χ3v) is 6.42. The molecule has 11 heteroatoms. The first-order chi connectivity index (χ1) is 15.2. The number of nitrogens with zero attached hydrogens (tertiary/aromatic N) is 2. The normalized spacial score (nSPS) is 11.7. The minimum Gasteiger partial charge on any atom is -0.493 e. The van der Waals surface area contributed by atoms with Gasteiger partial charge >= 0.3 is 0 Å². The lowest BCUT2D eigenvalue weighted by Gasteiger charge is -2.13. The summed E-state index contributed by atoms with van der Waals surface area (Å²) in [7, 11) is 1.03. The highest BCUT2D eigenvalue weighted by molar-refractivity contribution is 7.90. The van der Waals surface area contributed by atoms with Crippen LogP contribution >= 0.6 is 11.3 Å². The van der Waals surface area contributed by atoms with E-state index in [2.05, 4.69) is 10.3 Å². The molecule has 1 aromatic heterocycles. The molecule has 1 N–H and O–H groups in total. The molecule has 0 atom stereocenters. The molecule has 0 unspecified atom stereocenters. The first kappa shape index (κ1) is 23.1. The van der Waals surface area contributed by atoms with Gasteiger partial charge in [-0.2, -0.15) is 5.26 Å². The highest BCUT2D eigenvalue weighted by Crippen LogP contribution is 2.38. The molecule has 0 aliphatic rings. The number of nitrogens with one attached hydrogen (secondary N) is 1. The van der Waals surface area contributed by atoms with Crippen molar-refractivity contribution in [3.8, 4) is 23.3 Å². The predicted molar refractivity (Wildman–Crippen MR) is 121 cm³/mol. The third kappa shape index (κ3) is 4.82. The van der Waals surface area contributed by atoms with Crippen LogP contribution in [0.4, 0.5) is 5.13 Å². The fourth-order valence-corrected chi connectivity index (χ4v) is 4.48. The highest BCUT2D eigenvalue weighted by atomic mass is 32.2. The molecule has 0 fully saturated rings. The Hall–Kier alpha value is -3.62. The zero-order valence-electron chi connectivity index (χ0n) is 17.6. The number of carbonyl (C=O) groups is 1. The topological polar surface area (TPSA) is 128 Å². The number of methoxy groups -OCH3 is 3. The molecule has 3 rings (SSSR count). The number of nitriles is 1. The van der Waals surface area contributed by atoms with E-state index < -0.39 is 15.7 Å². The fraction of sp³-hybridized carbons (Fsp3) is 0.190. The van der Waals surface area contributed by atoms with Crippen molar-refractivity contribution in [3.63, 3.8) is 0 Å². The number of hydrogen-bond donors (Lipinski definition) is 1. The molecule has 0 radical (unpaired) electrons. The molecular weight excluding hydrogens is 454 g/mol. The highest BCUT2D eigenvalue weighted by Gasteiger charge is 2.17. The standard InChI is InChI=1S/C21H19N3O6S2/c1-28-16-8-12(9-17(29-2)19(16)30-3)7-13(11-22)20(25)24-21-23-15-6-5-14(32(4,26)27)10-18(15)31-21/h5-10H,1-4H3,(H,23,24,25). The Balaban J connectivity index is 1.91. The number of thiazole rings is 1. The van der Waals surface area contributed by atoms with Gasteiger partial charge in [0.15, 0.2) is 26.5 Å². The van der Waals surface area contributed by atoms with Gasteiger partial charge in [0, 0.05) is 6.26 Å². The van der Waals surface area contributed by atoms with Crippen LogP contribution in [0.1, 0.15) is 5.56 Å². The summed E-state index contributed by atoms with van der Waals surface area (Å²) in [5.41, 5.74) is 0.855. The minimum atomic E-state index is -3.37. The van der Waals surface area contributed by atoms with Crippen molar-refractivity contribution in [2.24, 2.45) is 0 Å². The van der Waals surface area contributed by atoms with Crippen molar-refractivity contribution in [1.82, 2.24) is 4.98 Å². The van der Waals surface area contributed by atoms with E-state index in [0.29, 0.717) is 33.0 Å². The van der Waals surface area contributed by atoms with Crippen molar-refractivity contribution in [3.05, 3.63) is 41.5 Å². The van der Waals surface area contributed by atoms with Gasteiger partial charge in [-0.1, -0.05) is 11.3 Å². The Morgan fingerprint density at radius 1 is 1.12 bits per heavy atom. The van der Waals surface area contributed by atoms with Gasteiger partial charge in [0.25, 0.3) is 5.91 Å². The first-order valence-corrected chi connectivity index (χ1v) is 11.7. The summed E-state index contributed by atoms with van der Waals surface area (Å²) in [5.74, 6) is 0.481. The van der Waals surface area contributed by atoms with Gasteiger partial charge in [-0.05, 0) is 42.0 Å². The maximum absolute atomic E-state index is 12.7. The number of amides is 1. The largest absolute Gasteiger partial charge is 0.493 e. The van der Waals surface area contributed by atoms with Gasteiger partial charge in [0.1, 0.15) is 11.6 Å². The lowest BCUT2D eigenvalue weighted by molar-refractivity contribution is -0.112. The van der Waals surface area contributed by atoms with Crippen LogP contribution < -0.4 is 19.5 Å². The smallest absolute Gasteiger partial charge is 0.268 e. The lowest BCUT2D eigenvalue weighted by atomic mass is 10.1. The maximum Gasteiger partial charge on any atom is 0.268 e. The number of sulfone groups is 1. The Morgan fingerprint density at radius 2 is 1.78 bits per heavy atom. The molecule has 0 spiro atoms. The molecule has 3 aromatic rings. The van der Waals surface area contributed by atoms with Crippen LogP contribution in [0.3, 0.4) is 0 Å². The molecular formula is C21H19N3O6S2. The summed E-state index contributed by atoms with van der Waals surface area (Å²) in [6.07, 6.45) is 2.50. The quantitative estimate of drug-likeness (QED) is 0.409. The molecule has 0 saturated heterocycles. The molecule has 0 aliphatic carbocycles. The molecule has 2 aromatic carbocycles. The SMILES string of the molecule is COc1cc(C=C(C#N)C(=O)Nc2nc3ccc(S(C)(=O)=O)cc3s2)cc(OC)c1OC. The predicted octanol–water partition coefficient (Wildman–Crippen LogP) is 3.27. The number of anilines is 1. The molecule has 0 aliphatic heterocycles. The number of benzene rings is 2. The lowest BCUT2D eigenvalue weighted by Crippen LogP contribution is -2.13. The minimum absolute atomic E-state index is 0.159. The maximum atomic E-state index is 12.7. The van der Waals surface area contributed by atoms with Crippen molar-refractivity contribution in [2.45, 2.75) is 4.90 Å². The van der Waals surface area contributed by atoms with Gasteiger partial charge < -0.3 is 14.2 Å². The Kier molecular flexibility index (Phi) is 6.67. The first-order valence-electron chi connectivity index (χ1n) is 9.04. The fourth-order valence-electron chi connectivity index (χ4n) is 2.85. The molecule has 0 saturated carbocycles. The van der Waals surface area contributed by atoms with Crippen molar-refractivity contribution in [1.29, 1.82) is 5.26 Å². The van der Waals surface area contributed by atoms with Gasteiger partial charge in [0.2, 0.25) is 5.75 Å². The molecule has 9 nitrogen and oxygen atoms in total. The van der Waals surface area contributed by atoms with E-state index in [-0.39, 0.29) is 15.6 Å². The summed E-state index contributed by atoms with van der Waals surface area (Å²) in [5, 5.41) is 12.3. The Labute approximate surface area is 188 Å². The molecule has 1 heterocycles. The summed E-state index contributed by atoms with van der Waals surface area (Å²) < 4.78 is 39.9. The number of fused-ring (bicyclic) bond motifs is 1. The zero-order valence-corrected chi connectivity index (χ0v) is 19.3. The summed E-state index contributed by atoms with van der Waals surface area (Å²) in [4.78, 5) is 17.1. The second-order valence-corrected chi connectivity index (χ2v) is 9.55. The van der Waals surface area contributed by atoms with Crippen molar-refractivity contribution < 1.29 is 27.4 Å². The second kappa shape index (κ2) is 9.25. The van der Waals surface area contributed by atoms with Crippen LogP contribution in [0.5, 0.6) is 17.2 Å². The monoisotopic (exact) mass is 473 g/mol. The van der Waals surface area contributed by atoms with Gasteiger partial charge in [-0.25, -0.2) is 13.4 Å². The summed E-state index contributed by atoms with van der Waals surface area (Å²) in [6, 6.07) is 9.60. The van der Waals surface area contributed by atoms with Crippen LogP contribution in [0, 0.1) is 11.3 Å². The van der Waals surface area contributed by atoms with Crippen LogP contribution in [0.25, 0.3) is 16.3 Å². The summed E-state index contributed by atoms with van der Waals surface area (Å²) >= 11 is 1.11. The third-order valence-electron chi connectivity index (χ3n) is 4.37. The molecule has 1 amide bonds. The van der Waals surface area contributed by atoms with E-state index in [1.54, 1.807) is 18.2 Å². The number of carbonyl (C=O) groups excluding carboxylic acids is 1. The van der Waals surface area contributed by atoms with E-state index in [0.717, 1.165) is 17.6 Å². The Bertz CT molecular complexity index is 1340. The number of aromatic nitrogens is 1. The van der Waals surface area contributed by atoms with E-state index in [1.807, 2.05) is 6.07 Å². The van der Waals surface area contributed by atoms with Gasteiger partial charge in [-0.3, -0.25) is 10.1 Å². The van der Waals surface area contributed by atoms with Crippen LogP contribution in [0.15, 0.2) is 40.8 Å². The molecule has 32 heavy (non-hydrogen) atoms. The Morgan fingerprint density at radius 3 is 2.31 bits per heavy atom. The van der Waals surface area contributed by atoms with Crippen molar-refractivity contribution in [2.75, 3.05) is 32.9 Å². The average Bonchev–Trinajstić information content (AvgIpc) is 3.17. The van der Waals surface area contributed by atoms with Crippen LogP contribution in [-0.2, 0) is 14.6 Å². The van der Waals surface area contributed by atoms with Crippen LogP contribution in [-0.4, -0.2) is 46.9 Å². The molecule has 166 valence electrons.